The first-order valence-corrected chi connectivity index (χ1v) is 7.70. The minimum atomic E-state index is -0.757. The maximum Gasteiger partial charge on any atom is 0.314 e. The fraction of sp³-hybridized carbons (Fsp3) is 0.263. The van der Waals surface area contributed by atoms with Crippen molar-refractivity contribution >= 4 is 23.2 Å². The molecular formula is C19H22N2O3. The molecule has 0 bridgehead atoms. The first-order chi connectivity index (χ1) is 11.2. The number of nitrogens with one attached hydrogen (secondary N) is 2. The highest BCUT2D eigenvalue weighted by Gasteiger charge is 2.21. The number of para-hydroxylation sites is 1. The minimum absolute atomic E-state index is 0.106. The summed E-state index contributed by atoms with van der Waals surface area (Å²) < 4.78 is 0. The lowest BCUT2D eigenvalue weighted by Crippen LogP contribution is -2.30. The molecule has 0 aliphatic carbocycles. The van der Waals surface area contributed by atoms with Crippen molar-refractivity contribution in [2.45, 2.75) is 33.1 Å². The molecule has 0 unspecified atom stereocenters. The monoisotopic (exact) mass is 326 g/mol. The molecule has 0 fully saturated rings. The van der Waals surface area contributed by atoms with Gasteiger partial charge in [0.2, 0.25) is 0 Å². The van der Waals surface area contributed by atoms with Crippen LogP contribution in [0.5, 0.6) is 5.75 Å². The molecule has 5 nitrogen and oxygen atoms in total. The summed E-state index contributed by atoms with van der Waals surface area (Å²) >= 11 is 0. The number of aromatic hydroxyl groups is 1. The number of phenolic OH excluding ortho intramolecular Hbond substituents is 1. The lowest BCUT2D eigenvalue weighted by atomic mass is 9.86. The molecule has 2 rings (SSSR count). The van der Waals surface area contributed by atoms with E-state index in [0.717, 1.165) is 5.56 Å². The molecule has 5 heteroatoms. The highest BCUT2D eigenvalue weighted by Crippen LogP contribution is 2.29. The van der Waals surface area contributed by atoms with Crippen molar-refractivity contribution in [3.8, 4) is 5.75 Å². The summed E-state index contributed by atoms with van der Waals surface area (Å²) in [6.45, 7) is 7.86. The van der Waals surface area contributed by atoms with E-state index in [-0.39, 0.29) is 11.2 Å². The molecule has 126 valence electrons. The fourth-order valence-electron chi connectivity index (χ4n) is 2.39. The summed E-state index contributed by atoms with van der Waals surface area (Å²) in [6, 6.07) is 11.9. The summed E-state index contributed by atoms with van der Waals surface area (Å²) in [5.74, 6) is -1.39. The Labute approximate surface area is 141 Å². The second kappa shape index (κ2) is 6.74. The third kappa shape index (κ3) is 4.13. The van der Waals surface area contributed by atoms with Gasteiger partial charge in [-0.15, -0.1) is 0 Å². The molecule has 0 heterocycles. The first-order valence-electron chi connectivity index (χ1n) is 7.70. The zero-order valence-electron chi connectivity index (χ0n) is 14.3. The van der Waals surface area contributed by atoms with Crippen LogP contribution in [-0.2, 0) is 15.0 Å². The van der Waals surface area contributed by atoms with E-state index in [0.29, 0.717) is 16.9 Å². The van der Waals surface area contributed by atoms with Gasteiger partial charge in [0.15, 0.2) is 0 Å². The number of benzene rings is 2. The van der Waals surface area contributed by atoms with Crippen molar-refractivity contribution in [2.75, 3.05) is 10.6 Å². The molecule has 0 aliphatic heterocycles. The molecule has 0 aliphatic rings. The summed E-state index contributed by atoms with van der Waals surface area (Å²) in [6.07, 6.45) is 0. The summed E-state index contributed by atoms with van der Waals surface area (Å²) in [5, 5.41) is 14.6. The summed E-state index contributed by atoms with van der Waals surface area (Å²) in [4.78, 5) is 24.3. The third-order valence-corrected chi connectivity index (χ3v) is 3.65. The number of carbonyl (C=O) groups is 2. The Bertz CT molecular complexity index is 776. The number of hydrogen-bond donors (Lipinski definition) is 3. The van der Waals surface area contributed by atoms with Crippen molar-refractivity contribution in [1.29, 1.82) is 0 Å². The van der Waals surface area contributed by atoms with Gasteiger partial charge in [0, 0.05) is 11.4 Å². The number of phenols is 1. The zero-order chi connectivity index (χ0) is 17.9. The van der Waals surface area contributed by atoms with Gasteiger partial charge in [-0.1, -0.05) is 39.0 Å². The Balaban J connectivity index is 2.14. The Kier molecular flexibility index (Phi) is 4.93. The SMILES string of the molecule is Cc1cc(O)ccc1NC(=O)C(=O)Nc1ccccc1C(C)(C)C. The van der Waals surface area contributed by atoms with Gasteiger partial charge in [0.25, 0.3) is 0 Å². The van der Waals surface area contributed by atoms with E-state index in [9.17, 15) is 14.7 Å². The van der Waals surface area contributed by atoms with Crippen LogP contribution in [0.25, 0.3) is 0 Å². The van der Waals surface area contributed by atoms with Crippen LogP contribution in [0.1, 0.15) is 31.9 Å². The van der Waals surface area contributed by atoms with E-state index in [2.05, 4.69) is 10.6 Å². The second-order valence-electron chi connectivity index (χ2n) is 6.70. The molecule has 2 amide bonds. The minimum Gasteiger partial charge on any atom is -0.508 e. The molecule has 3 N–H and O–H groups in total. The van der Waals surface area contributed by atoms with Crippen LogP contribution in [-0.4, -0.2) is 16.9 Å². The quantitative estimate of drug-likeness (QED) is 0.583. The van der Waals surface area contributed by atoms with Crippen molar-refractivity contribution in [3.63, 3.8) is 0 Å². The van der Waals surface area contributed by atoms with E-state index in [1.807, 2.05) is 39.0 Å². The lowest BCUT2D eigenvalue weighted by Gasteiger charge is -2.22. The Morgan fingerprint density at radius 2 is 1.50 bits per heavy atom. The van der Waals surface area contributed by atoms with Crippen LogP contribution in [0.4, 0.5) is 11.4 Å². The fourth-order valence-corrected chi connectivity index (χ4v) is 2.39. The molecule has 2 aromatic rings. The van der Waals surface area contributed by atoms with Crippen LogP contribution in [0.3, 0.4) is 0 Å². The summed E-state index contributed by atoms with van der Waals surface area (Å²) in [5.41, 5.74) is 2.57. The van der Waals surface area contributed by atoms with E-state index >= 15 is 0 Å². The molecule has 0 saturated heterocycles. The molecule has 0 saturated carbocycles. The van der Waals surface area contributed by atoms with Gasteiger partial charge >= 0.3 is 11.8 Å². The van der Waals surface area contributed by atoms with Crippen molar-refractivity contribution in [2.24, 2.45) is 0 Å². The van der Waals surface area contributed by atoms with Crippen LogP contribution in [0, 0.1) is 6.92 Å². The topological polar surface area (TPSA) is 78.4 Å². The van der Waals surface area contributed by atoms with E-state index < -0.39 is 11.8 Å². The Hall–Kier alpha value is -2.82. The van der Waals surface area contributed by atoms with E-state index in [1.165, 1.54) is 12.1 Å². The first kappa shape index (κ1) is 17.5. The number of anilines is 2. The maximum atomic E-state index is 12.2. The third-order valence-electron chi connectivity index (χ3n) is 3.65. The van der Waals surface area contributed by atoms with Crippen LogP contribution in [0.2, 0.25) is 0 Å². The molecule has 0 atom stereocenters. The molecule has 2 aromatic carbocycles. The molecular weight excluding hydrogens is 304 g/mol. The number of amides is 2. The molecule has 0 aromatic heterocycles. The number of rotatable bonds is 2. The van der Waals surface area contributed by atoms with Crippen LogP contribution < -0.4 is 10.6 Å². The number of aryl methyl sites for hydroxylation is 1. The maximum absolute atomic E-state index is 12.2. The van der Waals surface area contributed by atoms with Gasteiger partial charge in [0.05, 0.1) is 0 Å². The van der Waals surface area contributed by atoms with Crippen molar-refractivity contribution in [3.05, 3.63) is 53.6 Å². The van der Waals surface area contributed by atoms with Crippen LogP contribution in [0.15, 0.2) is 42.5 Å². The average Bonchev–Trinajstić information content (AvgIpc) is 2.49. The zero-order valence-corrected chi connectivity index (χ0v) is 14.3. The second-order valence-corrected chi connectivity index (χ2v) is 6.70. The van der Waals surface area contributed by atoms with Crippen LogP contribution >= 0.6 is 0 Å². The smallest absolute Gasteiger partial charge is 0.314 e. The number of hydrogen-bond acceptors (Lipinski definition) is 3. The standard InChI is InChI=1S/C19H22N2O3/c1-12-11-13(22)9-10-15(12)20-17(23)18(24)21-16-8-6-5-7-14(16)19(2,3)4/h5-11,22H,1-4H3,(H,20,23)(H,21,24). The van der Waals surface area contributed by atoms with Gasteiger partial charge in [-0.05, 0) is 47.7 Å². The van der Waals surface area contributed by atoms with Gasteiger partial charge in [-0.2, -0.15) is 0 Å². The predicted octanol–water partition coefficient (Wildman–Crippen LogP) is 3.58. The van der Waals surface area contributed by atoms with Crippen molar-refractivity contribution in [1.82, 2.24) is 0 Å². The predicted molar refractivity (Wildman–Crippen MR) is 95.2 cm³/mol. The molecule has 24 heavy (non-hydrogen) atoms. The normalized spacial score (nSPS) is 11.0. The highest BCUT2D eigenvalue weighted by molar-refractivity contribution is 6.43. The molecule has 0 spiro atoms. The van der Waals surface area contributed by atoms with E-state index in [4.69, 9.17) is 0 Å². The van der Waals surface area contributed by atoms with Gasteiger partial charge < -0.3 is 15.7 Å². The largest absolute Gasteiger partial charge is 0.508 e. The highest BCUT2D eigenvalue weighted by atomic mass is 16.3. The van der Waals surface area contributed by atoms with Gasteiger partial charge in [-0.25, -0.2) is 0 Å². The molecule has 0 radical (unpaired) electrons. The Morgan fingerprint density at radius 1 is 0.917 bits per heavy atom. The van der Waals surface area contributed by atoms with Gasteiger partial charge in [0.1, 0.15) is 5.75 Å². The number of carbonyl (C=O) groups excluding carboxylic acids is 2. The van der Waals surface area contributed by atoms with E-state index in [1.54, 1.807) is 19.1 Å². The summed E-state index contributed by atoms with van der Waals surface area (Å²) in [7, 11) is 0. The van der Waals surface area contributed by atoms with Gasteiger partial charge in [-0.3, -0.25) is 9.59 Å². The Morgan fingerprint density at radius 3 is 2.08 bits per heavy atom. The lowest BCUT2D eigenvalue weighted by molar-refractivity contribution is -0.133. The average molecular weight is 326 g/mol. The van der Waals surface area contributed by atoms with Crippen molar-refractivity contribution < 1.29 is 14.7 Å².